The first kappa shape index (κ1) is 20.4. The fraction of sp³-hybridized carbons (Fsp3) is 0.350. The van der Waals surface area contributed by atoms with Crippen molar-refractivity contribution in [1.29, 1.82) is 0 Å². The molecule has 3 N–H and O–H groups in total. The first-order chi connectivity index (χ1) is 13.1. The van der Waals surface area contributed by atoms with E-state index in [9.17, 15) is 9.90 Å². The lowest BCUT2D eigenvalue weighted by atomic mass is 10.1. The molecule has 7 heteroatoms. The molecule has 0 radical (unpaired) electrons. The molecule has 2 aromatic rings. The van der Waals surface area contributed by atoms with E-state index in [1.807, 2.05) is 18.2 Å². The summed E-state index contributed by atoms with van der Waals surface area (Å²) < 4.78 is 10.4. The Hall–Kier alpha value is -2.93. The number of rotatable bonds is 10. The summed E-state index contributed by atoms with van der Waals surface area (Å²) in [6.07, 6.45) is 5.40. The van der Waals surface area contributed by atoms with Crippen LogP contribution >= 0.6 is 0 Å². The first-order valence-corrected chi connectivity index (χ1v) is 8.79. The van der Waals surface area contributed by atoms with Gasteiger partial charge in [-0.25, -0.2) is 0 Å². The summed E-state index contributed by atoms with van der Waals surface area (Å²) in [5.74, 6) is 0.240. The van der Waals surface area contributed by atoms with Gasteiger partial charge in [-0.2, -0.15) is 0 Å². The number of aromatic hydroxyl groups is 1. The fourth-order valence-electron chi connectivity index (χ4n) is 2.42. The van der Waals surface area contributed by atoms with Gasteiger partial charge in [-0.1, -0.05) is 12.1 Å². The van der Waals surface area contributed by atoms with Crippen LogP contribution in [0.3, 0.4) is 0 Å². The Bertz CT molecular complexity index is 750. The third kappa shape index (κ3) is 6.71. The second-order valence-electron chi connectivity index (χ2n) is 5.96. The van der Waals surface area contributed by atoms with Crippen LogP contribution in [-0.2, 0) is 16.1 Å². The predicted molar refractivity (Wildman–Crippen MR) is 103 cm³/mol. The number of phenols is 1. The maximum atomic E-state index is 11.2. The lowest BCUT2D eigenvalue weighted by Gasteiger charge is -2.10. The summed E-state index contributed by atoms with van der Waals surface area (Å²) >= 11 is 0. The first-order valence-electron chi connectivity index (χ1n) is 8.79. The number of unbranched alkanes of at least 4 members (excludes halogenated alkanes) is 1. The van der Waals surface area contributed by atoms with Gasteiger partial charge in [-0.15, -0.1) is 0 Å². The number of benzene rings is 1. The number of carbonyl (C=O) groups is 1. The number of hydrogen-bond donors (Lipinski definition) is 2. The smallest absolute Gasteiger partial charge is 0.322 e. The Morgan fingerprint density at radius 3 is 2.89 bits per heavy atom. The molecule has 0 aliphatic heterocycles. The van der Waals surface area contributed by atoms with Crippen LogP contribution in [0.2, 0.25) is 0 Å². The van der Waals surface area contributed by atoms with Gasteiger partial charge in [-0.05, 0) is 43.5 Å². The SMILES string of the molecule is COC(=O)C(N)CCCCN=Cc1c(O)cccc1OCc1ccccn1. The number of hydrogen-bond acceptors (Lipinski definition) is 7. The lowest BCUT2D eigenvalue weighted by molar-refractivity contribution is -0.142. The zero-order chi connectivity index (χ0) is 19.5. The van der Waals surface area contributed by atoms with Crippen LogP contribution in [0.15, 0.2) is 47.6 Å². The molecule has 0 spiro atoms. The van der Waals surface area contributed by atoms with Gasteiger partial charge in [0, 0.05) is 19.0 Å². The third-order valence-corrected chi connectivity index (χ3v) is 3.92. The number of carbonyl (C=O) groups excluding carboxylic acids is 1. The third-order valence-electron chi connectivity index (χ3n) is 3.92. The van der Waals surface area contributed by atoms with Gasteiger partial charge in [0.25, 0.3) is 0 Å². The van der Waals surface area contributed by atoms with Crippen LogP contribution < -0.4 is 10.5 Å². The van der Waals surface area contributed by atoms with Gasteiger partial charge in [0.1, 0.15) is 24.1 Å². The molecule has 0 aliphatic rings. The minimum absolute atomic E-state index is 0.102. The average Bonchev–Trinajstić information content (AvgIpc) is 2.70. The normalized spacial score (nSPS) is 12.1. The van der Waals surface area contributed by atoms with E-state index >= 15 is 0 Å². The van der Waals surface area contributed by atoms with E-state index in [0.717, 1.165) is 18.5 Å². The second-order valence-corrected chi connectivity index (χ2v) is 5.96. The monoisotopic (exact) mass is 371 g/mol. The highest BCUT2D eigenvalue weighted by Crippen LogP contribution is 2.26. The summed E-state index contributed by atoms with van der Waals surface area (Å²) in [5.41, 5.74) is 7.01. The molecule has 1 aromatic heterocycles. The molecule has 0 amide bonds. The number of aliphatic imine (C=N–C) groups is 1. The summed E-state index contributed by atoms with van der Waals surface area (Å²) in [6.45, 7) is 0.860. The molecule has 144 valence electrons. The van der Waals surface area contributed by atoms with Gasteiger partial charge < -0.3 is 20.3 Å². The molecule has 1 heterocycles. The number of aromatic nitrogens is 1. The quantitative estimate of drug-likeness (QED) is 0.377. The highest BCUT2D eigenvalue weighted by atomic mass is 16.5. The van der Waals surface area contributed by atoms with Gasteiger partial charge in [0.15, 0.2) is 0 Å². The largest absolute Gasteiger partial charge is 0.507 e. The number of methoxy groups -OCH3 is 1. The van der Waals surface area contributed by atoms with Gasteiger partial charge >= 0.3 is 5.97 Å². The van der Waals surface area contributed by atoms with Crippen LogP contribution in [-0.4, -0.2) is 42.0 Å². The molecule has 1 aromatic carbocycles. The van der Waals surface area contributed by atoms with Crippen LogP contribution in [0.1, 0.15) is 30.5 Å². The minimum Gasteiger partial charge on any atom is -0.507 e. The highest BCUT2D eigenvalue weighted by molar-refractivity contribution is 5.87. The molecule has 0 saturated heterocycles. The van der Waals surface area contributed by atoms with Crippen molar-refractivity contribution in [2.24, 2.45) is 10.7 Å². The zero-order valence-electron chi connectivity index (χ0n) is 15.4. The zero-order valence-corrected chi connectivity index (χ0v) is 15.4. The molecule has 0 fully saturated rings. The van der Waals surface area contributed by atoms with Crippen LogP contribution in [0.4, 0.5) is 0 Å². The Kier molecular flexibility index (Phi) is 8.25. The molecular weight excluding hydrogens is 346 g/mol. The van der Waals surface area contributed by atoms with E-state index in [2.05, 4.69) is 14.7 Å². The van der Waals surface area contributed by atoms with E-state index < -0.39 is 12.0 Å². The van der Waals surface area contributed by atoms with Crippen molar-refractivity contribution in [3.63, 3.8) is 0 Å². The van der Waals surface area contributed by atoms with E-state index in [1.165, 1.54) is 7.11 Å². The molecule has 27 heavy (non-hydrogen) atoms. The molecule has 2 rings (SSSR count). The van der Waals surface area contributed by atoms with Crippen molar-refractivity contribution < 1.29 is 19.4 Å². The predicted octanol–water partition coefficient (Wildman–Crippen LogP) is 2.46. The molecular formula is C20H25N3O4. The molecule has 1 unspecified atom stereocenters. The average molecular weight is 371 g/mol. The molecule has 0 aliphatic carbocycles. The van der Waals surface area contributed by atoms with Crippen molar-refractivity contribution in [3.05, 3.63) is 53.9 Å². The highest BCUT2D eigenvalue weighted by Gasteiger charge is 2.12. The Morgan fingerprint density at radius 2 is 2.15 bits per heavy atom. The molecule has 7 nitrogen and oxygen atoms in total. The number of esters is 1. The van der Waals surface area contributed by atoms with E-state index in [-0.39, 0.29) is 5.75 Å². The number of ether oxygens (including phenoxy) is 2. The van der Waals surface area contributed by atoms with E-state index in [1.54, 1.807) is 30.6 Å². The number of pyridine rings is 1. The van der Waals surface area contributed by atoms with Crippen molar-refractivity contribution in [2.45, 2.75) is 31.9 Å². The second kappa shape index (κ2) is 10.9. The lowest BCUT2D eigenvalue weighted by Crippen LogP contribution is -2.31. The Labute approximate surface area is 158 Å². The molecule has 0 saturated carbocycles. The van der Waals surface area contributed by atoms with Gasteiger partial charge in [0.2, 0.25) is 0 Å². The maximum Gasteiger partial charge on any atom is 0.322 e. The summed E-state index contributed by atoms with van der Waals surface area (Å²) in [4.78, 5) is 19.8. The Morgan fingerprint density at radius 1 is 1.30 bits per heavy atom. The van der Waals surface area contributed by atoms with Crippen LogP contribution in [0.5, 0.6) is 11.5 Å². The summed E-state index contributed by atoms with van der Waals surface area (Å²) in [5, 5.41) is 10.1. The van der Waals surface area contributed by atoms with Crippen molar-refractivity contribution in [2.75, 3.05) is 13.7 Å². The maximum absolute atomic E-state index is 11.2. The number of nitrogens with two attached hydrogens (primary N) is 1. The Balaban J connectivity index is 1.86. The fourth-order valence-corrected chi connectivity index (χ4v) is 2.42. The van der Waals surface area contributed by atoms with Crippen molar-refractivity contribution in [3.8, 4) is 11.5 Å². The van der Waals surface area contributed by atoms with Crippen LogP contribution in [0.25, 0.3) is 0 Å². The minimum atomic E-state index is -0.594. The summed E-state index contributed by atoms with van der Waals surface area (Å²) in [7, 11) is 1.33. The van der Waals surface area contributed by atoms with E-state index in [0.29, 0.717) is 30.9 Å². The topological polar surface area (TPSA) is 107 Å². The van der Waals surface area contributed by atoms with Crippen molar-refractivity contribution >= 4 is 12.2 Å². The van der Waals surface area contributed by atoms with Gasteiger partial charge in [-0.3, -0.25) is 14.8 Å². The standard InChI is InChI=1S/C20H25N3O4/c1-26-20(25)17(21)8-3-4-11-22-13-16-18(24)9-6-10-19(16)27-14-15-7-2-5-12-23-15/h2,5-7,9-10,12-13,17,24H,3-4,8,11,14,21H2,1H3. The summed E-state index contributed by atoms with van der Waals surface area (Å²) in [6, 6.07) is 10.1. The molecule has 0 bridgehead atoms. The number of phenolic OH excluding ortho intramolecular Hbond substituents is 1. The van der Waals surface area contributed by atoms with Gasteiger partial charge in [0.05, 0.1) is 18.4 Å². The van der Waals surface area contributed by atoms with E-state index in [4.69, 9.17) is 10.5 Å². The van der Waals surface area contributed by atoms with Crippen LogP contribution in [0, 0.1) is 0 Å². The van der Waals surface area contributed by atoms with Crippen molar-refractivity contribution in [1.82, 2.24) is 4.98 Å². The number of nitrogens with zero attached hydrogens (tertiary/aromatic N) is 2. The molecule has 1 atom stereocenters.